The molecule has 0 aliphatic carbocycles. The minimum Gasteiger partial charge on any atom is -0.327 e. The highest BCUT2D eigenvalue weighted by molar-refractivity contribution is 7.91. The van der Waals surface area contributed by atoms with E-state index >= 15 is 0 Å². The molecule has 1 rings (SSSR count). The van der Waals surface area contributed by atoms with E-state index in [0.29, 0.717) is 0 Å². The van der Waals surface area contributed by atoms with E-state index in [-0.39, 0.29) is 11.4 Å². The number of rotatable bonds is 4. The number of hydrogen-bond acceptors (Lipinski definition) is 3. The van der Waals surface area contributed by atoms with Crippen LogP contribution in [0.4, 0.5) is 8.78 Å². The standard InChI is InChI=1S/C10H11F2NO2S/c11-8-2-1-3-10(6-8)16(14,15)7-9(12)4-5-13/h1-4,6H,5,7,13H2/b9-4-. The van der Waals surface area contributed by atoms with Crippen molar-refractivity contribution in [3.8, 4) is 0 Å². The van der Waals surface area contributed by atoms with Crippen LogP contribution in [0, 0.1) is 5.82 Å². The fraction of sp³-hybridized carbons (Fsp3) is 0.200. The maximum atomic E-state index is 13.0. The highest BCUT2D eigenvalue weighted by Gasteiger charge is 2.17. The monoisotopic (exact) mass is 247 g/mol. The summed E-state index contributed by atoms with van der Waals surface area (Å²) in [5, 5.41) is 0. The van der Waals surface area contributed by atoms with Gasteiger partial charge in [-0.25, -0.2) is 17.2 Å². The highest BCUT2D eigenvalue weighted by atomic mass is 32.2. The fourth-order valence-electron chi connectivity index (χ4n) is 1.11. The van der Waals surface area contributed by atoms with Gasteiger partial charge in [0.15, 0.2) is 9.84 Å². The Morgan fingerprint density at radius 2 is 2.12 bits per heavy atom. The molecule has 2 N–H and O–H groups in total. The zero-order chi connectivity index (χ0) is 12.2. The Morgan fingerprint density at radius 3 is 2.69 bits per heavy atom. The van der Waals surface area contributed by atoms with Crippen molar-refractivity contribution in [2.24, 2.45) is 5.73 Å². The number of hydrogen-bond donors (Lipinski definition) is 1. The molecule has 0 spiro atoms. The predicted octanol–water partition coefficient (Wildman–Crippen LogP) is 1.41. The minimum atomic E-state index is -3.84. The number of sulfone groups is 1. The second-order valence-electron chi connectivity index (χ2n) is 3.10. The van der Waals surface area contributed by atoms with Crippen molar-refractivity contribution < 1.29 is 17.2 Å². The van der Waals surface area contributed by atoms with E-state index in [4.69, 9.17) is 5.73 Å². The molecule has 1 aromatic carbocycles. The maximum absolute atomic E-state index is 13.0. The Hall–Kier alpha value is -1.27. The molecule has 0 saturated carbocycles. The predicted molar refractivity (Wildman–Crippen MR) is 56.7 cm³/mol. The zero-order valence-corrected chi connectivity index (χ0v) is 9.18. The second-order valence-corrected chi connectivity index (χ2v) is 5.09. The molecule has 0 amide bonds. The van der Waals surface area contributed by atoms with E-state index in [1.54, 1.807) is 0 Å². The van der Waals surface area contributed by atoms with Gasteiger partial charge >= 0.3 is 0 Å². The van der Waals surface area contributed by atoms with E-state index < -0.39 is 27.2 Å². The third-order valence-electron chi connectivity index (χ3n) is 1.82. The molecule has 0 atom stereocenters. The van der Waals surface area contributed by atoms with E-state index in [0.717, 1.165) is 18.2 Å². The molecular weight excluding hydrogens is 236 g/mol. The van der Waals surface area contributed by atoms with Crippen LogP contribution >= 0.6 is 0 Å². The van der Waals surface area contributed by atoms with Crippen LogP contribution in [0.5, 0.6) is 0 Å². The zero-order valence-electron chi connectivity index (χ0n) is 8.36. The average molecular weight is 247 g/mol. The molecule has 0 fully saturated rings. The normalized spacial score (nSPS) is 12.8. The highest BCUT2D eigenvalue weighted by Crippen LogP contribution is 2.15. The molecule has 6 heteroatoms. The van der Waals surface area contributed by atoms with Crippen molar-refractivity contribution in [1.29, 1.82) is 0 Å². The Bertz CT molecular complexity index is 497. The molecule has 0 aliphatic rings. The Labute approximate surface area is 92.5 Å². The summed E-state index contributed by atoms with van der Waals surface area (Å²) >= 11 is 0. The summed E-state index contributed by atoms with van der Waals surface area (Å²) in [4.78, 5) is -0.243. The van der Waals surface area contributed by atoms with Gasteiger partial charge in [-0.2, -0.15) is 0 Å². The lowest BCUT2D eigenvalue weighted by atomic mass is 10.4. The molecule has 16 heavy (non-hydrogen) atoms. The van der Waals surface area contributed by atoms with E-state index in [2.05, 4.69) is 0 Å². The summed E-state index contributed by atoms with van der Waals surface area (Å²) in [5.74, 6) is -2.32. The van der Waals surface area contributed by atoms with Gasteiger partial charge in [-0.15, -0.1) is 0 Å². The SMILES string of the molecule is NC/C=C(\F)CS(=O)(=O)c1cccc(F)c1. The lowest BCUT2D eigenvalue weighted by molar-refractivity contribution is 0.579. The Balaban J connectivity index is 2.99. The van der Waals surface area contributed by atoms with Crippen LogP contribution in [0.1, 0.15) is 0 Å². The van der Waals surface area contributed by atoms with Gasteiger partial charge in [0.25, 0.3) is 0 Å². The summed E-state index contributed by atoms with van der Waals surface area (Å²) in [5.41, 5.74) is 5.04. The molecule has 0 aromatic heterocycles. The summed E-state index contributed by atoms with van der Waals surface area (Å²) in [7, 11) is -3.84. The molecule has 3 nitrogen and oxygen atoms in total. The van der Waals surface area contributed by atoms with Gasteiger partial charge in [0.2, 0.25) is 0 Å². The first kappa shape index (κ1) is 12.8. The maximum Gasteiger partial charge on any atom is 0.184 e. The lowest BCUT2D eigenvalue weighted by Crippen LogP contribution is -2.08. The van der Waals surface area contributed by atoms with Crippen molar-refractivity contribution in [3.05, 3.63) is 42.0 Å². The molecule has 0 heterocycles. The van der Waals surface area contributed by atoms with Gasteiger partial charge in [0.05, 0.1) is 4.90 Å². The molecule has 88 valence electrons. The van der Waals surface area contributed by atoms with Crippen LogP contribution in [0.15, 0.2) is 41.1 Å². The smallest absolute Gasteiger partial charge is 0.184 e. The van der Waals surface area contributed by atoms with Crippen molar-refractivity contribution in [2.75, 3.05) is 12.3 Å². The molecular formula is C10H11F2NO2S. The van der Waals surface area contributed by atoms with Crippen molar-refractivity contribution >= 4 is 9.84 Å². The topological polar surface area (TPSA) is 60.2 Å². The summed E-state index contributed by atoms with van der Waals surface area (Å²) in [6.07, 6.45) is 0.969. The van der Waals surface area contributed by atoms with Crippen LogP contribution in [0.3, 0.4) is 0 Å². The van der Waals surface area contributed by atoms with Crippen LogP contribution in [0.2, 0.25) is 0 Å². The molecule has 0 aliphatic heterocycles. The Morgan fingerprint density at radius 1 is 1.44 bits per heavy atom. The van der Waals surface area contributed by atoms with Crippen LogP contribution < -0.4 is 5.73 Å². The van der Waals surface area contributed by atoms with Gasteiger partial charge < -0.3 is 5.73 Å². The van der Waals surface area contributed by atoms with Gasteiger partial charge in [0.1, 0.15) is 17.4 Å². The van der Waals surface area contributed by atoms with Gasteiger partial charge in [-0.1, -0.05) is 6.07 Å². The van der Waals surface area contributed by atoms with E-state index in [1.165, 1.54) is 12.1 Å². The quantitative estimate of drug-likeness (QED) is 0.875. The van der Waals surface area contributed by atoms with Gasteiger partial charge in [-0.3, -0.25) is 0 Å². The number of nitrogens with two attached hydrogens (primary N) is 1. The molecule has 0 radical (unpaired) electrons. The first-order valence-electron chi connectivity index (χ1n) is 4.48. The second kappa shape index (κ2) is 5.18. The number of halogens is 2. The average Bonchev–Trinajstić information content (AvgIpc) is 2.17. The van der Waals surface area contributed by atoms with E-state index in [9.17, 15) is 17.2 Å². The third-order valence-corrected chi connectivity index (χ3v) is 3.45. The van der Waals surface area contributed by atoms with Crippen LogP contribution in [-0.2, 0) is 9.84 Å². The summed E-state index contributed by atoms with van der Waals surface area (Å²) in [6, 6.07) is 4.44. The minimum absolute atomic E-state index is 0.0789. The summed E-state index contributed by atoms with van der Waals surface area (Å²) < 4.78 is 48.9. The molecule has 0 unspecified atom stereocenters. The van der Waals surface area contributed by atoms with Gasteiger partial charge in [-0.05, 0) is 24.3 Å². The Kier molecular flexibility index (Phi) is 4.14. The first-order chi connectivity index (χ1) is 7.45. The first-order valence-corrected chi connectivity index (χ1v) is 6.14. The molecule has 0 saturated heterocycles. The van der Waals surface area contributed by atoms with Crippen molar-refractivity contribution in [3.63, 3.8) is 0 Å². The van der Waals surface area contributed by atoms with Crippen molar-refractivity contribution in [1.82, 2.24) is 0 Å². The number of benzene rings is 1. The van der Waals surface area contributed by atoms with Crippen LogP contribution in [-0.4, -0.2) is 20.7 Å². The van der Waals surface area contributed by atoms with Crippen molar-refractivity contribution in [2.45, 2.75) is 4.90 Å². The molecule has 0 bridgehead atoms. The van der Waals surface area contributed by atoms with E-state index in [1.807, 2.05) is 0 Å². The fourth-order valence-corrected chi connectivity index (χ4v) is 2.34. The third kappa shape index (κ3) is 3.39. The lowest BCUT2D eigenvalue weighted by Gasteiger charge is -2.02. The van der Waals surface area contributed by atoms with Gasteiger partial charge in [0, 0.05) is 6.54 Å². The van der Waals surface area contributed by atoms with Crippen LogP contribution in [0.25, 0.3) is 0 Å². The molecule has 1 aromatic rings. The summed E-state index contributed by atoms with van der Waals surface area (Å²) in [6.45, 7) is -0.0789. The largest absolute Gasteiger partial charge is 0.327 e.